The summed E-state index contributed by atoms with van der Waals surface area (Å²) < 4.78 is 0. The van der Waals surface area contributed by atoms with E-state index >= 15 is 0 Å². The third-order valence-corrected chi connectivity index (χ3v) is 4.16. The lowest BCUT2D eigenvalue weighted by Crippen LogP contribution is -2.11. The van der Waals surface area contributed by atoms with Gasteiger partial charge in [-0.2, -0.15) is 0 Å². The molecule has 0 spiro atoms. The monoisotopic (exact) mass is 233 g/mol. The van der Waals surface area contributed by atoms with E-state index in [1.54, 1.807) is 11.1 Å². The predicted molar refractivity (Wildman–Crippen MR) is 66.8 cm³/mol. The molecular weight excluding hydrogens is 218 g/mol. The van der Waals surface area contributed by atoms with Crippen LogP contribution >= 0.6 is 11.6 Å². The van der Waals surface area contributed by atoms with Gasteiger partial charge in [-0.25, -0.2) is 0 Å². The third kappa shape index (κ3) is 1.89. The molecule has 0 N–H and O–H groups in total. The molecule has 2 heteroatoms. The van der Waals surface area contributed by atoms with Crippen molar-refractivity contribution >= 4 is 11.6 Å². The second-order valence-corrected chi connectivity index (χ2v) is 5.45. The topological polar surface area (TPSA) is 12.9 Å². The van der Waals surface area contributed by atoms with E-state index in [1.165, 1.54) is 24.1 Å². The number of alkyl halides is 1. The zero-order valence-electron chi connectivity index (χ0n) is 9.38. The van der Waals surface area contributed by atoms with E-state index in [-0.39, 0.29) is 0 Å². The van der Waals surface area contributed by atoms with Crippen LogP contribution in [0.15, 0.2) is 29.5 Å². The predicted octanol–water partition coefficient (Wildman–Crippen LogP) is 3.66. The molecule has 0 radical (unpaired) electrons. The van der Waals surface area contributed by atoms with Gasteiger partial charge in [0, 0.05) is 23.7 Å². The molecule has 0 saturated carbocycles. The Labute approximate surface area is 102 Å². The van der Waals surface area contributed by atoms with Gasteiger partial charge >= 0.3 is 0 Å². The number of allylic oxidation sites excluding steroid dienone is 2. The van der Waals surface area contributed by atoms with E-state index in [2.05, 4.69) is 11.1 Å². The summed E-state index contributed by atoms with van der Waals surface area (Å²) in [5, 5.41) is 0.368. The Bertz CT molecular complexity index is 436. The van der Waals surface area contributed by atoms with Crippen molar-refractivity contribution in [3.05, 3.63) is 40.7 Å². The summed E-state index contributed by atoms with van der Waals surface area (Å²) >= 11 is 6.25. The molecule has 0 saturated heterocycles. The molecule has 1 heterocycles. The number of fused-ring (bicyclic) bond motifs is 1. The Balaban J connectivity index is 1.93. The van der Waals surface area contributed by atoms with Crippen molar-refractivity contribution in [2.24, 2.45) is 0 Å². The minimum atomic E-state index is 0.368. The van der Waals surface area contributed by atoms with Gasteiger partial charge in [-0.15, -0.1) is 11.6 Å². The van der Waals surface area contributed by atoms with Crippen molar-refractivity contribution < 1.29 is 0 Å². The highest BCUT2D eigenvalue weighted by atomic mass is 35.5. The van der Waals surface area contributed by atoms with Crippen LogP contribution in [-0.4, -0.2) is 10.4 Å². The second-order valence-electron chi connectivity index (χ2n) is 4.83. The summed E-state index contributed by atoms with van der Waals surface area (Å²) in [4.78, 5) is 4.52. The first-order valence-corrected chi connectivity index (χ1v) is 6.53. The van der Waals surface area contributed by atoms with Gasteiger partial charge in [-0.05, 0) is 43.7 Å². The van der Waals surface area contributed by atoms with Crippen LogP contribution in [0.2, 0.25) is 0 Å². The number of halogens is 1. The minimum Gasteiger partial charge on any atom is -0.261 e. The minimum absolute atomic E-state index is 0.368. The zero-order chi connectivity index (χ0) is 11.0. The van der Waals surface area contributed by atoms with Crippen LogP contribution in [0.1, 0.15) is 36.9 Å². The maximum atomic E-state index is 6.25. The van der Waals surface area contributed by atoms with Crippen molar-refractivity contribution in [1.82, 2.24) is 4.98 Å². The molecule has 0 amide bonds. The van der Waals surface area contributed by atoms with Crippen LogP contribution in [0.25, 0.3) is 0 Å². The second kappa shape index (κ2) is 4.21. The first-order valence-electron chi connectivity index (χ1n) is 6.09. The van der Waals surface area contributed by atoms with E-state index < -0.39 is 0 Å². The first-order chi connectivity index (χ1) is 7.83. The molecule has 2 aliphatic rings. The lowest BCUT2D eigenvalue weighted by atomic mass is 9.88. The van der Waals surface area contributed by atoms with E-state index in [0.717, 1.165) is 25.7 Å². The Morgan fingerprint density at radius 1 is 1.19 bits per heavy atom. The van der Waals surface area contributed by atoms with Gasteiger partial charge in [-0.3, -0.25) is 4.98 Å². The molecule has 2 aliphatic carbocycles. The maximum absolute atomic E-state index is 6.25. The summed E-state index contributed by atoms with van der Waals surface area (Å²) in [6.45, 7) is 0. The molecule has 1 atom stereocenters. The molecule has 84 valence electrons. The Kier molecular flexibility index (Phi) is 2.72. The fourth-order valence-electron chi connectivity index (χ4n) is 2.86. The normalized spacial score (nSPS) is 24.7. The van der Waals surface area contributed by atoms with Gasteiger partial charge in [0.2, 0.25) is 0 Å². The van der Waals surface area contributed by atoms with Crippen LogP contribution in [0.4, 0.5) is 0 Å². The van der Waals surface area contributed by atoms with Crippen LogP contribution in [0.3, 0.4) is 0 Å². The smallest absolute Gasteiger partial charge is 0.0476 e. The molecular formula is C14H16ClN. The van der Waals surface area contributed by atoms with Crippen LogP contribution in [-0.2, 0) is 12.8 Å². The molecule has 3 rings (SSSR count). The molecule has 0 bridgehead atoms. The summed E-state index contributed by atoms with van der Waals surface area (Å²) in [5.74, 6) is 0. The molecule has 1 aromatic heterocycles. The molecule has 0 fully saturated rings. The maximum Gasteiger partial charge on any atom is 0.0476 e. The molecule has 16 heavy (non-hydrogen) atoms. The van der Waals surface area contributed by atoms with Crippen LogP contribution in [0, 0.1) is 0 Å². The number of rotatable bonds is 0. The summed E-state index contributed by atoms with van der Waals surface area (Å²) in [6.07, 6.45) is 8.74. The number of nitrogens with zero attached hydrogens (tertiary/aromatic N) is 1. The Hall–Kier alpha value is -0.820. The summed E-state index contributed by atoms with van der Waals surface area (Å²) in [5.41, 5.74) is 5.96. The Morgan fingerprint density at radius 2 is 2.12 bits per heavy atom. The average Bonchev–Trinajstić information content (AvgIpc) is 2.48. The fraction of sp³-hybridized carbons (Fsp3) is 0.500. The zero-order valence-corrected chi connectivity index (χ0v) is 10.1. The third-order valence-electron chi connectivity index (χ3n) is 3.79. The highest BCUT2D eigenvalue weighted by Gasteiger charge is 2.22. The largest absolute Gasteiger partial charge is 0.261 e. The van der Waals surface area contributed by atoms with Gasteiger partial charge in [0.1, 0.15) is 0 Å². The quantitative estimate of drug-likeness (QED) is 0.492. The number of hydrogen-bond acceptors (Lipinski definition) is 1. The molecule has 1 aromatic rings. The highest BCUT2D eigenvalue weighted by molar-refractivity contribution is 6.20. The Morgan fingerprint density at radius 3 is 3.06 bits per heavy atom. The van der Waals surface area contributed by atoms with Gasteiger partial charge in [-0.1, -0.05) is 17.2 Å². The fourth-order valence-corrected chi connectivity index (χ4v) is 3.15. The molecule has 0 aliphatic heterocycles. The number of pyridine rings is 1. The van der Waals surface area contributed by atoms with Gasteiger partial charge < -0.3 is 0 Å². The van der Waals surface area contributed by atoms with E-state index in [1.807, 2.05) is 12.3 Å². The average molecular weight is 234 g/mol. The van der Waals surface area contributed by atoms with E-state index in [0.29, 0.717) is 5.38 Å². The number of hydrogen-bond donors (Lipinski definition) is 0. The van der Waals surface area contributed by atoms with Crippen molar-refractivity contribution in [1.29, 1.82) is 0 Å². The van der Waals surface area contributed by atoms with Crippen molar-refractivity contribution in [3.63, 3.8) is 0 Å². The van der Waals surface area contributed by atoms with Crippen molar-refractivity contribution in [2.75, 3.05) is 0 Å². The lowest BCUT2D eigenvalue weighted by molar-refractivity contribution is 0.649. The lowest BCUT2D eigenvalue weighted by Gasteiger charge is -2.22. The van der Waals surface area contributed by atoms with Gasteiger partial charge in [0.05, 0.1) is 0 Å². The number of aryl methyl sites for hydroxylation is 1. The molecule has 1 unspecified atom stereocenters. The van der Waals surface area contributed by atoms with Crippen LogP contribution in [0.5, 0.6) is 0 Å². The van der Waals surface area contributed by atoms with Crippen molar-refractivity contribution in [3.8, 4) is 0 Å². The van der Waals surface area contributed by atoms with Crippen molar-refractivity contribution in [2.45, 2.75) is 43.9 Å². The standard InChI is InChI=1S/C14H16ClN/c15-13-6-5-12-9-14-10(2-1-7-16-14)3-4-11(12)8-13/h1-2,7,13H,3-6,8-9H2. The summed E-state index contributed by atoms with van der Waals surface area (Å²) in [6, 6.07) is 4.27. The van der Waals surface area contributed by atoms with Crippen LogP contribution < -0.4 is 0 Å². The summed E-state index contributed by atoms with van der Waals surface area (Å²) in [7, 11) is 0. The first kappa shape index (κ1) is 10.3. The van der Waals surface area contributed by atoms with Gasteiger partial charge in [0.25, 0.3) is 0 Å². The van der Waals surface area contributed by atoms with Gasteiger partial charge in [0.15, 0.2) is 0 Å². The molecule has 1 nitrogen and oxygen atoms in total. The van der Waals surface area contributed by atoms with E-state index in [4.69, 9.17) is 11.6 Å². The molecule has 0 aromatic carbocycles. The van der Waals surface area contributed by atoms with E-state index in [9.17, 15) is 0 Å². The SMILES string of the molecule is ClC1CCC2=C(CCc3cccnc3C2)C1. The highest BCUT2D eigenvalue weighted by Crippen LogP contribution is 2.35. The number of aromatic nitrogens is 1.